The molecule has 0 aliphatic carbocycles. The van der Waals surface area contributed by atoms with Crippen molar-refractivity contribution in [2.75, 3.05) is 31.1 Å². The molecule has 0 bridgehead atoms. The summed E-state index contributed by atoms with van der Waals surface area (Å²) in [7, 11) is 0. The molecule has 0 radical (unpaired) electrons. The lowest BCUT2D eigenvalue weighted by Crippen LogP contribution is -2.43. The first-order valence-corrected chi connectivity index (χ1v) is 8.79. The number of nitrogens with zero attached hydrogens (tertiary/aromatic N) is 1. The standard InChI is InChI=1S/C20H17F3N2O3/c21-20(22,23)28-15-4-1-13(2-5-15)19-12-17(26)16-11-14(3-6-18(16)27-19)25-9-7-24-8-10-25/h1-6,11-12,24H,7-10H2. The van der Waals surface area contributed by atoms with Crippen LogP contribution in [0.25, 0.3) is 22.3 Å². The Morgan fingerprint density at radius 2 is 1.71 bits per heavy atom. The molecule has 3 aromatic rings. The van der Waals surface area contributed by atoms with Crippen LogP contribution in [0.1, 0.15) is 0 Å². The van der Waals surface area contributed by atoms with E-state index in [0.717, 1.165) is 31.9 Å². The molecule has 146 valence electrons. The molecule has 28 heavy (non-hydrogen) atoms. The van der Waals surface area contributed by atoms with Crippen LogP contribution < -0.4 is 20.4 Å². The van der Waals surface area contributed by atoms with Crippen molar-refractivity contribution in [3.05, 3.63) is 58.8 Å². The fourth-order valence-corrected chi connectivity index (χ4v) is 3.23. The molecule has 2 aromatic carbocycles. The van der Waals surface area contributed by atoms with Gasteiger partial charge in [-0.15, -0.1) is 13.2 Å². The molecule has 0 atom stereocenters. The summed E-state index contributed by atoms with van der Waals surface area (Å²) < 4.78 is 46.5. The molecule has 4 rings (SSSR count). The normalized spacial score (nSPS) is 15.0. The number of benzene rings is 2. The Morgan fingerprint density at radius 3 is 2.39 bits per heavy atom. The van der Waals surface area contributed by atoms with Crippen LogP contribution in [0.5, 0.6) is 5.75 Å². The number of hydrogen-bond acceptors (Lipinski definition) is 5. The average molecular weight is 390 g/mol. The third-order valence-corrected chi connectivity index (χ3v) is 4.57. The van der Waals surface area contributed by atoms with Gasteiger partial charge in [0.2, 0.25) is 0 Å². The monoisotopic (exact) mass is 390 g/mol. The van der Waals surface area contributed by atoms with Crippen molar-refractivity contribution in [1.82, 2.24) is 5.32 Å². The van der Waals surface area contributed by atoms with Crippen molar-refractivity contribution < 1.29 is 22.3 Å². The zero-order valence-electron chi connectivity index (χ0n) is 14.8. The first-order chi connectivity index (χ1) is 13.4. The van der Waals surface area contributed by atoms with E-state index in [2.05, 4.69) is 15.0 Å². The summed E-state index contributed by atoms with van der Waals surface area (Å²) in [4.78, 5) is 14.8. The molecule has 1 N–H and O–H groups in total. The van der Waals surface area contributed by atoms with Crippen LogP contribution in [-0.2, 0) is 0 Å². The maximum atomic E-state index is 12.6. The number of nitrogens with one attached hydrogen (secondary N) is 1. The SMILES string of the molecule is O=c1cc(-c2ccc(OC(F)(F)F)cc2)oc2ccc(N3CCNCC3)cc12. The van der Waals surface area contributed by atoms with E-state index in [1.54, 1.807) is 6.07 Å². The van der Waals surface area contributed by atoms with E-state index in [1.807, 2.05) is 12.1 Å². The van der Waals surface area contributed by atoms with E-state index >= 15 is 0 Å². The molecule has 1 aromatic heterocycles. The number of fused-ring (bicyclic) bond motifs is 1. The average Bonchev–Trinajstić information content (AvgIpc) is 2.68. The third-order valence-electron chi connectivity index (χ3n) is 4.57. The summed E-state index contributed by atoms with van der Waals surface area (Å²) in [5.41, 5.74) is 1.67. The van der Waals surface area contributed by atoms with Gasteiger partial charge in [0.05, 0.1) is 5.39 Å². The summed E-state index contributed by atoms with van der Waals surface area (Å²) in [5.74, 6) is -0.0500. The van der Waals surface area contributed by atoms with Gasteiger partial charge in [0.1, 0.15) is 17.1 Å². The van der Waals surface area contributed by atoms with Crippen molar-refractivity contribution in [2.24, 2.45) is 0 Å². The molecular formula is C20H17F3N2O3. The fraction of sp³-hybridized carbons (Fsp3) is 0.250. The van der Waals surface area contributed by atoms with Gasteiger partial charge in [-0.3, -0.25) is 4.79 Å². The minimum absolute atomic E-state index is 0.205. The summed E-state index contributed by atoms with van der Waals surface area (Å²) >= 11 is 0. The minimum Gasteiger partial charge on any atom is -0.456 e. The van der Waals surface area contributed by atoms with Crippen molar-refractivity contribution in [3.63, 3.8) is 0 Å². The second-order valence-electron chi connectivity index (χ2n) is 6.46. The van der Waals surface area contributed by atoms with Crippen LogP contribution in [0, 0.1) is 0 Å². The second-order valence-corrected chi connectivity index (χ2v) is 6.46. The van der Waals surface area contributed by atoms with Gasteiger partial charge >= 0.3 is 6.36 Å². The van der Waals surface area contributed by atoms with Crippen LogP contribution in [0.4, 0.5) is 18.9 Å². The van der Waals surface area contributed by atoms with Gasteiger partial charge in [0.25, 0.3) is 0 Å². The van der Waals surface area contributed by atoms with E-state index in [1.165, 1.54) is 30.3 Å². The predicted molar refractivity (Wildman–Crippen MR) is 99.7 cm³/mol. The molecule has 5 nitrogen and oxygen atoms in total. The summed E-state index contributed by atoms with van der Waals surface area (Å²) in [6.07, 6.45) is -4.75. The lowest BCUT2D eigenvalue weighted by molar-refractivity contribution is -0.274. The van der Waals surface area contributed by atoms with Gasteiger partial charge in [0, 0.05) is 43.5 Å². The molecule has 1 saturated heterocycles. The van der Waals surface area contributed by atoms with Crippen molar-refractivity contribution in [1.29, 1.82) is 0 Å². The maximum absolute atomic E-state index is 12.6. The number of hydrogen-bond donors (Lipinski definition) is 1. The lowest BCUT2D eigenvalue weighted by Gasteiger charge is -2.29. The number of rotatable bonds is 3. The Labute approximate surface area is 158 Å². The fourth-order valence-electron chi connectivity index (χ4n) is 3.23. The minimum atomic E-state index is -4.75. The Balaban J connectivity index is 1.65. The molecule has 0 unspecified atom stereocenters. The van der Waals surface area contributed by atoms with Gasteiger partial charge < -0.3 is 19.4 Å². The number of halogens is 3. The van der Waals surface area contributed by atoms with E-state index in [9.17, 15) is 18.0 Å². The van der Waals surface area contributed by atoms with E-state index < -0.39 is 6.36 Å². The van der Waals surface area contributed by atoms with Gasteiger partial charge in [-0.05, 0) is 42.5 Å². The number of piperazine rings is 1. The van der Waals surface area contributed by atoms with Gasteiger partial charge in [-0.25, -0.2) is 0 Å². The largest absolute Gasteiger partial charge is 0.573 e. The first kappa shape index (κ1) is 18.4. The van der Waals surface area contributed by atoms with Gasteiger partial charge in [-0.2, -0.15) is 0 Å². The van der Waals surface area contributed by atoms with Crippen LogP contribution in [0.2, 0.25) is 0 Å². The van der Waals surface area contributed by atoms with Crippen molar-refractivity contribution in [2.45, 2.75) is 6.36 Å². The Hall–Kier alpha value is -3.00. The zero-order valence-corrected chi connectivity index (χ0v) is 14.8. The maximum Gasteiger partial charge on any atom is 0.573 e. The molecule has 0 amide bonds. The third kappa shape index (κ3) is 3.96. The molecule has 8 heteroatoms. The van der Waals surface area contributed by atoms with Crippen molar-refractivity contribution >= 4 is 16.7 Å². The van der Waals surface area contributed by atoms with Crippen LogP contribution in [-0.4, -0.2) is 32.5 Å². The molecule has 2 heterocycles. The number of alkyl halides is 3. The molecule has 0 saturated carbocycles. The summed E-state index contributed by atoms with van der Waals surface area (Å²) in [6, 6.07) is 12.0. The Bertz CT molecular complexity index is 1040. The van der Waals surface area contributed by atoms with Crippen LogP contribution in [0.3, 0.4) is 0 Å². The van der Waals surface area contributed by atoms with E-state index in [4.69, 9.17) is 4.42 Å². The van der Waals surface area contributed by atoms with E-state index in [0.29, 0.717) is 16.5 Å². The highest BCUT2D eigenvalue weighted by molar-refractivity contribution is 5.82. The summed E-state index contributed by atoms with van der Waals surface area (Å²) in [5, 5.41) is 3.75. The van der Waals surface area contributed by atoms with E-state index in [-0.39, 0.29) is 16.9 Å². The lowest BCUT2D eigenvalue weighted by atomic mass is 10.1. The van der Waals surface area contributed by atoms with Crippen LogP contribution >= 0.6 is 0 Å². The second kappa shape index (κ2) is 7.20. The predicted octanol–water partition coefficient (Wildman–Crippen LogP) is 3.77. The summed E-state index contributed by atoms with van der Waals surface area (Å²) in [6.45, 7) is 3.50. The zero-order chi connectivity index (χ0) is 19.7. The highest BCUT2D eigenvalue weighted by Crippen LogP contribution is 2.28. The smallest absolute Gasteiger partial charge is 0.456 e. The van der Waals surface area contributed by atoms with Gasteiger partial charge in [0.15, 0.2) is 5.43 Å². The molecule has 1 aliphatic heterocycles. The highest BCUT2D eigenvalue weighted by atomic mass is 19.4. The van der Waals surface area contributed by atoms with Crippen molar-refractivity contribution in [3.8, 4) is 17.1 Å². The Morgan fingerprint density at radius 1 is 1.00 bits per heavy atom. The first-order valence-electron chi connectivity index (χ1n) is 8.79. The molecule has 1 fully saturated rings. The Kier molecular flexibility index (Phi) is 4.72. The molecule has 1 aliphatic rings. The number of ether oxygens (including phenoxy) is 1. The molecule has 0 spiro atoms. The topological polar surface area (TPSA) is 54.7 Å². The highest BCUT2D eigenvalue weighted by Gasteiger charge is 2.31. The quantitative estimate of drug-likeness (QED) is 0.738. The number of anilines is 1. The molecular weight excluding hydrogens is 373 g/mol. The van der Waals surface area contributed by atoms with Crippen LogP contribution in [0.15, 0.2) is 57.7 Å². The van der Waals surface area contributed by atoms with Gasteiger partial charge in [-0.1, -0.05) is 0 Å².